The van der Waals surface area contributed by atoms with Crippen molar-refractivity contribution >= 4 is 29.0 Å². The molecule has 0 aliphatic rings. The highest BCUT2D eigenvalue weighted by atomic mass is 35.5. The maximum absolute atomic E-state index is 13.4. The van der Waals surface area contributed by atoms with Crippen LogP contribution in [-0.2, 0) is 16.0 Å². The number of rotatable bonds is 6. The third-order valence-corrected chi connectivity index (χ3v) is 5.02. The molecule has 156 valence electrons. The summed E-state index contributed by atoms with van der Waals surface area (Å²) in [5, 5.41) is 3.43. The van der Waals surface area contributed by atoms with Crippen molar-refractivity contribution in [3.63, 3.8) is 0 Å². The van der Waals surface area contributed by atoms with Gasteiger partial charge in [-0.1, -0.05) is 35.9 Å². The smallest absolute Gasteiger partial charge is 0.311 e. The van der Waals surface area contributed by atoms with Crippen molar-refractivity contribution < 1.29 is 9.53 Å². The van der Waals surface area contributed by atoms with Crippen molar-refractivity contribution in [2.75, 3.05) is 33.2 Å². The van der Waals surface area contributed by atoms with E-state index in [1.165, 1.54) is 11.8 Å². The minimum absolute atomic E-state index is 0.106. The van der Waals surface area contributed by atoms with Crippen LogP contribution < -0.4 is 10.5 Å². The number of nitrogens with one attached hydrogen (secondary N) is 1. The Labute approximate surface area is 179 Å². The molecule has 0 saturated heterocycles. The summed E-state index contributed by atoms with van der Waals surface area (Å²) in [5.74, 6) is -0.471. The Kier molecular flexibility index (Phi) is 6.42. The second-order valence-electron chi connectivity index (χ2n) is 6.83. The molecule has 0 atom stereocenters. The Morgan fingerprint density at radius 2 is 1.93 bits per heavy atom. The summed E-state index contributed by atoms with van der Waals surface area (Å²) in [6, 6.07) is 14.7. The maximum Gasteiger partial charge on any atom is 0.311 e. The molecule has 0 saturated carbocycles. The van der Waals surface area contributed by atoms with Gasteiger partial charge in [0.25, 0.3) is 5.56 Å². The first-order valence-electron chi connectivity index (χ1n) is 9.28. The largest absolute Gasteiger partial charge is 0.469 e. The van der Waals surface area contributed by atoms with Gasteiger partial charge in [-0.15, -0.1) is 0 Å². The molecule has 0 unspecified atom stereocenters. The van der Waals surface area contributed by atoms with Crippen LogP contribution in [0.5, 0.6) is 0 Å². The SMILES string of the molecule is CN=C(c1cccc(N(C)C)c1)c1c(CC(=O)OC)[nH]n(-c2ccccc2Cl)c1=O. The van der Waals surface area contributed by atoms with Gasteiger partial charge in [0.05, 0.1) is 41.2 Å². The van der Waals surface area contributed by atoms with Gasteiger partial charge in [-0.2, -0.15) is 0 Å². The molecule has 0 bridgehead atoms. The van der Waals surface area contributed by atoms with E-state index in [2.05, 4.69) is 10.1 Å². The number of ether oxygens (including phenoxy) is 1. The van der Waals surface area contributed by atoms with Gasteiger partial charge in [-0.3, -0.25) is 19.7 Å². The lowest BCUT2D eigenvalue weighted by Crippen LogP contribution is -2.22. The molecular weight excluding hydrogens is 404 g/mol. The highest BCUT2D eigenvalue weighted by Crippen LogP contribution is 2.21. The van der Waals surface area contributed by atoms with Crippen LogP contribution in [0.25, 0.3) is 5.69 Å². The third kappa shape index (κ3) is 4.16. The molecule has 1 N–H and O–H groups in total. The molecule has 0 fully saturated rings. The fraction of sp³-hybridized carbons (Fsp3) is 0.227. The summed E-state index contributed by atoms with van der Waals surface area (Å²) in [5.41, 5.74) is 3.05. The average molecular weight is 427 g/mol. The molecule has 0 amide bonds. The summed E-state index contributed by atoms with van der Waals surface area (Å²) >= 11 is 6.30. The first kappa shape index (κ1) is 21.4. The van der Waals surface area contributed by atoms with Crippen molar-refractivity contribution in [2.45, 2.75) is 6.42 Å². The number of hydrogen-bond donors (Lipinski definition) is 1. The van der Waals surface area contributed by atoms with Gasteiger partial charge in [0.1, 0.15) is 0 Å². The second kappa shape index (κ2) is 9.00. The Hall–Kier alpha value is -3.32. The zero-order valence-corrected chi connectivity index (χ0v) is 18.0. The Morgan fingerprint density at radius 1 is 1.20 bits per heavy atom. The normalized spacial score (nSPS) is 11.4. The van der Waals surface area contributed by atoms with Gasteiger partial charge in [-0.25, -0.2) is 4.68 Å². The number of methoxy groups -OCH3 is 1. The van der Waals surface area contributed by atoms with Crippen LogP contribution in [0, 0.1) is 0 Å². The molecule has 3 aromatic rings. The molecule has 0 spiro atoms. The number of hydrogen-bond acceptors (Lipinski definition) is 5. The zero-order chi connectivity index (χ0) is 21.8. The monoisotopic (exact) mass is 426 g/mol. The molecule has 3 rings (SSSR count). The molecule has 2 aromatic carbocycles. The molecule has 0 radical (unpaired) electrons. The maximum atomic E-state index is 13.4. The number of benzene rings is 2. The molecule has 8 heteroatoms. The van der Waals surface area contributed by atoms with Crippen LogP contribution in [0.1, 0.15) is 16.8 Å². The molecule has 0 aliphatic carbocycles. The van der Waals surface area contributed by atoms with Gasteiger partial charge < -0.3 is 9.64 Å². The Balaban J connectivity index is 2.23. The summed E-state index contributed by atoms with van der Waals surface area (Å²) in [4.78, 5) is 31.8. The summed E-state index contributed by atoms with van der Waals surface area (Å²) < 4.78 is 6.14. The predicted molar refractivity (Wildman–Crippen MR) is 119 cm³/mol. The number of esters is 1. The number of aliphatic imine (C=N–C) groups is 1. The fourth-order valence-corrected chi connectivity index (χ4v) is 3.41. The van der Waals surface area contributed by atoms with E-state index in [1.807, 2.05) is 43.3 Å². The first-order valence-corrected chi connectivity index (χ1v) is 9.65. The van der Waals surface area contributed by atoms with Crippen molar-refractivity contribution in [1.29, 1.82) is 0 Å². The highest BCUT2D eigenvalue weighted by Gasteiger charge is 2.24. The molecule has 30 heavy (non-hydrogen) atoms. The van der Waals surface area contributed by atoms with E-state index in [0.717, 1.165) is 11.3 Å². The number of carbonyl (C=O) groups excluding carboxylic acids is 1. The summed E-state index contributed by atoms with van der Waals surface area (Å²) in [6.45, 7) is 0. The van der Waals surface area contributed by atoms with Crippen LogP contribution in [-0.4, -0.2) is 49.7 Å². The van der Waals surface area contributed by atoms with Crippen molar-refractivity contribution in [3.8, 4) is 5.69 Å². The van der Waals surface area contributed by atoms with Crippen LogP contribution in [0.3, 0.4) is 0 Å². The number of para-hydroxylation sites is 1. The average Bonchev–Trinajstić information content (AvgIpc) is 3.05. The van der Waals surface area contributed by atoms with Crippen LogP contribution in [0.4, 0.5) is 5.69 Å². The number of carbonyl (C=O) groups is 1. The van der Waals surface area contributed by atoms with E-state index in [9.17, 15) is 9.59 Å². The molecular formula is C22H23ClN4O3. The highest BCUT2D eigenvalue weighted by molar-refractivity contribution is 6.32. The molecule has 7 nitrogen and oxygen atoms in total. The van der Waals surface area contributed by atoms with Crippen molar-refractivity contribution in [3.05, 3.63) is 80.7 Å². The van der Waals surface area contributed by atoms with Crippen molar-refractivity contribution in [2.24, 2.45) is 4.99 Å². The van der Waals surface area contributed by atoms with Crippen molar-refractivity contribution in [1.82, 2.24) is 9.78 Å². The summed E-state index contributed by atoms with van der Waals surface area (Å²) in [7, 11) is 6.79. The number of nitrogens with zero attached hydrogens (tertiary/aromatic N) is 3. The molecule has 1 aromatic heterocycles. The minimum Gasteiger partial charge on any atom is -0.469 e. The van der Waals surface area contributed by atoms with E-state index in [0.29, 0.717) is 27.7 Å². The number of anilines is 1. The van der Waals surface area contributed by atoms with E-state index in [4.69, 9.17) is 16.3 Å². The fourth-order valence-electron chi connectivity index (χ4n) is 3.19. The predicted octanol–water partition coefficient (Wildman–Crippen LogP) is 3.07. The van der Waals surface area contributed by atoms with E-state index >= 15 is 0 Å². The summed E-state index contributed by atoms with van der Waals surface area (Å²) in [6.07, 6.45) is -0.106. The molecule has 1 heterocycles. The Bertz CT molecular complexity index is 1160. The van der Waals surface area contributed by atoms with Gasteiger partial charge >= 0.3 is 5.97 Å². The zero-order valence-electron chi connectivity index (χ0n) is 17.3. The quantitative estimate of drug-likeness (QED) is 0.485. The first-order chi connectivity index (χ1) is 14.4. The van der Waals surface area contributed by atoms with Gasteiger partial charge in [0, 0.05) is 32.4 Å². The lowest BCUT2D eigenvalue weighted by atomic mass is 10.0. The standard InChI is InChI=1S/C22H23ClN4O3/c1-24-21(14-8-7-9-15(12-14)26(2)3)20-17(13-19(28)30-4)25-27(22(20)29)18-11-6-5-10-16(18)23/h5-12,25H,13H2,1-4H3. The minimum atomic E-state index is -0.471. The van der Waals surface area contributed by atoms with Gasteiger partial charge in [0.15, 0.2) is 0 Å². The lowest BCUT2D eigenvalue weighted by molar-refractivity contribution is -0.139. The topological polar surface area (TPSA) is 79.7 Å². The van der Waals surface area contributed by atoms with E-state index in [-0.39, 0.29) is 12.0 Å². The van der Waals surface area contributed by atoms with Crippen LogP contribution in [0.15, 0.2) is 58.3 Å². The number of H-pyrrole nitrogens is 1. The van der Waals surface area contributed by atoms with Gasteiger partial charge in [0.2, 0.25) is 0 Å². The van der Waals surface area contributed by atoms with Crippen LogP contribution >= 0.6 is 11.6 Å². The van der Waals surface area contributed by atoms with Gasteiger partial charge in [-0.05, 0) is 24.3 Å². The Morgan fingerprint density at radius 3 is 2.57 bits per heavy atom. The number of halogens is 1. The number of aromatic amines is 1. The van der Waals surface area contributed by atoms with Crippen LogP contribution in [0.2, 0.25) is 5.02 Å². The van der Waals surface area contributed by atoms with E-state index in [1.54, 1.807) is 31.3 Å². The second-order valence-corrected chi connectivity index (χ2v) is 7.23. The molecule has 0 aliphatic heterocycles. The number of aromatic nitrogens is 2. The van der Waals surface area contributed by atoms with E-state index < -0.39 is 5.97 Å². The lowest BCUT2D eigenvalue weighted by Gasteiger charge is -2.14. The third-order valence-electron chi connectivity index (χ3n) is 4.70.